The molecule has 3 rings (SSSR count). The number of aromatic carboxylic acids is 1. The lowest BCUT2D eigenvalue weighted by atomic mass is 9.96. The molecule has 0 spiro atoms. The van der Waals surface area contributed by atoms with Crippen molar-refractivity contribution in [3.05, 3.63) is 48.2 Å². The van der Waals surface area contributed by atoms with E-state index in [1.165, 1.54) is 36.7 Å². The van der Waals surface area contributed by atoms with Crippen molar-refractivity contribution >= 4 is 23.4 Å². The third-order valence-electron chi connectivity index (χ3n) is 4.16. The van der Waals surface area contributed by atoms with Crippen LogP contribution in [0.25, 0.3) is 0 Å². The van der Waals surface area contributed by atoms with E-state index in [-0.39, 0.29) is 23.3 Å². The number of hydrogen-bond donors (Lipinski definition) is 2. The number of halogens is 1. The summed E-state index contributed by atoms with van der Waals surface area (Å²) in [6.45, 7) is 1.26. The molecular formula is C17H17FN4O3. The number of nitrogens with one attached hydrogen (secondary N) is 1. The lowest BCUT2D eigenvalue weighted by Gasteiger charge is -2.31. The summed E-state index contributed by atoms with van der Waals surface area (Å²) < 4.78 is 12.9. The van der Waals surface area contributed by atoms with E-state index in [1.807, 2.05) is 4.90 Å². The molecule has 1 fully saturated rings. The quantitative estimate of drug-likeness (QED) is 0.882. The fourth-order valence-corrected chi connectivity index (χ4v) is 2.74. The van der Waals surface area contributed by atoms with E-state index >= 15 is 0 Å². The van der Waals surface area contributed by atoms with E-state index in [0.29, 0.717) is 37.4 Å². The second kappa shape index (κ2) is 7.25. The minimum atomic E-state index is -1.12. The first-order chi connectivity index (χ1) is 12.0. The van der Waals surface area contributed by atoms with Gasteiger partial charge in [-0.2, -0.15) is 0 Å². The number of piperidine rings is 1. The van der Waals surface area contributed by atoms with Gasteiger partial charge in [-0.05, 0) is 37.1 Å². The normalized spacial score (nSPS) is 15.0. The molecule has 25 heavy (non-hydrogen) atoms. The van der Waals surface area contributed by atoms with Crippen LogP contribution in [0, 0.1) is 11.7 Å². The van der Waals surface area contributed by atoms with Crippen molar-refractivity contribution < 1.29 is 19.1 Å². The van der Waals surface area contributed by atoms with Gasteiger partial charge in [0.2, 0.25) is 5.91 Å². The van der Waals surface area contributed by atoms with Crippen molar-refractivity contribution in [2.24, 2.45) is 5.92 Å². The number of anilines is 2. The van der Waals surface area contributed by atoms with Crippen LogP contribution in [0.1, 0.15) is 23.3 Å². The summed E-state index contributed by atoms with van der Waals surface area (Å²) in [4.78, 5) is 33.0. The number of aromatic nitrogens is 2. The second-order valence-electron chi connectivity index (χ2n) is 5.82. The number of benzene rings is 1. The van der Waals surface area contributed by atoms with Gasteiger partial charge in [0.05, 0.1) is 12.4 Å². The Bertz CT molecular complexity index is 756. The predicted octanol–water partition coefficient (Wildman–Crippen LogP) is 2.17. The zero-order valence-electron chi connectivity index (χ0n) is 13.4. The Kier molecular flexibility index (Phi) is 4.87. The first kappa shape index (κ1) is 16.8. The van der Waals surface area contributed by atoms with E-state index in [2.05, 4.69) is 15.3 Å². The van der Waals surface area contributed by atoms with Gasteiger partial charge in [0.15, 0.2) is 5.69 Å². The maximum Gasteiger partial charge on any atom is 0.356 e. The lowest BCUT2D eigenvalue weighted by molar-refractivity contribution is -0.120. The number of carbonyl (C=O) groups is 2. The van der Waals surface area contributed by atoms with Crippen LogP contribution in [0.3, 0.4) is 0 Å². The van der Waals surface area contributed by atoms with Gasteiger partial charge >= 0.3 is 5.97 Å². The minimum Gasteiger partial charge on any atom is -0.476 e. The number of carboxylic acids is 1. The van der Waals surface area contributed by atoms with Crippen LogP contribution in [0.4, 0.5) is 15.9 Å². The maximum atomic E-state index is 12.9. The molecule has 2 heterocycles. The Labute approximate surface area is 143 Å². The number of carbonyl (C=O) groups excluding carboxylic acids is 1. The van der Waals surface area contributed by atoms with Crippen molar-refractivity contribution in [3.63, 3.8) is 0 Å². The number of amides is 1. The largest absolute Gasteiger partial charge is 0.476 e. The van der Waals surface area contributed by atoms with Crippen LogP contribution in [0.5, 0.6) is 0 Å². The smallest absolute Gasteiger partial charge is 0.356 e. The molecule has 1 aromatic heterocycles. The Morgan fingerprint density at radius 3 is 2.36 bits per heavy atom. The van der Waals surface area contributed by atoms with E-state index < -0.39 is 5.97 Å². The molecule has 2 N–H and O–H groups in total. The molecule has 1 amide bonds. The highest BCUT2D eigenvalue weighted by Crippen LogP contribution is 2.23. The molecule has 0 aliphatic carbocycles. The molecule has 0 unspecified atom stereocenters. The summed E-state index contributed by atoms with van der Waals surface area (Å²) >= 11 is 0. The molecule has 2 aromatic rings. The highest BCUT2D eigenvalue weighted by Gasteiger charge is 2.26. The van der Waals surface area contributed by atoms with Crippen molar-refractivity contribution in [1.29, 1.82) is 0 Å². The van der Waals surface area contributed by atoms with Crippen LogP contribution in [-0.2, 0) is 4.79 Å². The van der Waals surface area contributed by atoms with E-state index in [9.17, 15) is 14.0 Å². The van der Waals surface area contributed by atoms with Gasteiger partial charge in [-0.25, -0.2) is 19.2 Å². The molecule has 0 saturated carbocycles. The SMILES string of the molecule is O=C(O)c1cnc(N2CCC(C(=O)Nc3ccc(F)cc3)CC2)cn1. The average molecular weight is 344 g/mol. The number of carboxylic acid groups (broad SMARTS) is 1. The Hall–Kier alpha value is -3.03. The minimum absolute atomic E-state index is 0.0847. The van der Waals surface area contributed by atoms with Gasteiger partial charge in [0, 0.05) is 24.7 Å². The molecule has 8 heteroatoms. The summed E-state index contributed by atoms with van der Waals surface area (Å²) in [5.74, 6) is -1.08. The summed E-state index contributed by atoms with van der Waals surface area (Å²) in [7, 11) is 0. The van der Waals surface area contributed by atoms with Crippen LogP contribution in [0.2, 0.25) is 0 Å². The highest BCUT2D eigenvalue weighted by atomic mass is 19.1. The molecule has 1 aliphatic heterocycles. The van der Waals surface area contributed by atoms with Crippen LogP contribution < -0.4 is 10.2 Å². The van der Waals surface area contributed by atoms with Gasteiger partial charge in [0.25, 0.3) is 0 Å². The Morgan fingerprint density at radius 2 is 1.80 bits per heavy atom. The van der Waals surface area contributed by atoms with Crippen LogP contribution in [0.15, 0.2) is 36.7 Å². The Balaban J connectivity index is 1.55. The first-order valence-electron chi connectivity index (χ1n) is 7.89. The fourth-order valence-electron chi connectivity index (χ4n) is 2.74. The molecular weight excluding hydrogens is 327 g/mol. The molecule has 1 aliphatic rings. The predicted molar refractivity (Wildman–Crippen MR) is 89.0 cm³/mol. The van der Waals surface area contributed by atoms with Crippen molar-refractivity contribution in [2.75, 3.05) is 23.3 Å². The summed E-state index contributed by atoms with van der Waals surface area (Å²) in [6, 6.07) is 5.67. The van der Waals surface area contributed by atoms with Gasteiger partial charge < -0.3 is 15.3 Å². The third kappa shape index (κ3) is 4.09. The molecule has 1 aromatic carbocycles. The van der Waals surface area contributed by atoms with Gasteiger partial charge in [0.1, 0.15) is 11.6 Å². The second-order valence-corrected chi connectivity index (χ2v) is 5.82. The van der Waals surface area contributed by atoms with E-state index in [0.717, 1.165) is 0 Å². The van der Waals surface area contributed by atoms with Gasteiger partial charge in [-0.1, -0.05) is 0 Å². The van der Waals surface area contributed by atoms with Crippen LogP contribution >= 0.6 is 0 Å². The number of nitrogens with zero attached hydrogens (tertiary/aromatic N) is 3. The number of hydrogen-bond acceptors (Lipinski definition) is 5. The molecule has 0 atom stereocenters. The Morgan fingerprint density at radius 1 is 1.12 bits per heavy atom. The van der Waals surface area contributed by atoms with Crippen molar-refractivity contribution in [1.82, 2.24) is 9.97 Å². The molecule has 0 bridgehead atoms. The first-order valence-corrected chi connectivity index (χ1v) is 7.89. The third-order valence-corrected chi connectivity index (χ3v) is 4.16. The molecule has 0 radical (unpaired) electrons. The zero-order chi connectivity index (χ0) is 17.8. The topological polar surface area (TPSA) is 95.4 Å². The van der Waals surface area contributed by atoms with Gasteiger partial charge in [-0.3, -0.25) is 4.79 Å². The maximum absolute atomic E-state index is 12.9. The average Bonchev–Trinajstić information content (AvgIpc) is 2.64. The van der Waals surface area contributed by atoms with E-state index in [1.54, 1.807) is 0 Å². The van der Waals surface area contributed by atoms with Crippen molar-refractivity contribution in [2.45, 2.75) is 12.8 Å². The molecule has 130 valence electrons. The van der Waals surface area contributed by atoms with Crippen molar-refractivity contribution in [3.8, 4) is 0 Å². The van der Waals surface area contributed by atoms with E-state index in [4.69, 9.17) is 5.11 Å². The lowest BCUT2D eigenvalue weighted by Crippen LogP contribution is -2.38. The highest BCUT2D eigenvalue weighted by molar-refractivity contribution is 5.92. The summed E-state index contributed by atoms with van der Waals surface area (Å²) in [5.41, 5.74) is 0.473. The standard InChI is InChI=1S/C17H17FN4O3/c18-12-1-3-13(4-2-12)21-16(23)11-5-7-22(8-6-11)15-10-19-14(9-20-15)17(24)25/h1-4,9-11H,5-8H2,(H,21,23)(H,24,25). The van der Waals surface area contributed by atoms with Crippen LogP contribution in [-0.4, -0.2) is 40.0 Å². The zero-order valence-corrected chi connectivity index (χ0v) is 13.4. The monoisotopic (exact) mass is 344 g/mol. The fraction of sp³-hybridized carbons (Fsp3) is 0.294. The summed E-state index contributed by atoms with van der Waals surface area (Å²) in [6.07, 6.45) is 3.96. The molecule has 1 saturated heterocycles. The summed E-state index contributed by atoms with van der Waals surface area (Å²) in [5, 5.41) is 11.6. The van der Waals surface area contributed by atoms with Gasteiger partial charge in [-0.15, -0.1) is 0 Å². The number of rotatable bonds is 4. The molecule has 7 nitrogen and oxygen atoms in total.